The fraction of sp³-hybridized carbons (Fsp3) is 0.500. The molecule has 0 heterocycles. The van der Waals surface area contributed by atoms with Gasteiger partial charge in [0, 0.05) is 11.5 Å². The lowest BCUT2D eigenvalue weighted by atomic mass is 10.2. The van der Waals surface area contributed by atoms with E-state index in [1.165, 1.54) is 0 Å². The quantitative estimate of drug-likeness (QED) is 0.358. The first-order chi connectivity index (χ1) is 5.77. The monoisotopic (exact) mass is 184 g/mol. The number of hydrogen-bond acceptors (Lipinski definition) is 2. The molecule has 0 saturated carbocycles. The van der Waals surface area contributed by atoms with E-state index in [1.807, 2.05) is 12.2 Å². The SMILES string of the molecule is CC(C)/C=C/C=C\CSCC=O. The molecule has 0 atom stereocenters. The van der Waals surface area contributed by atoms with Crippen LogP contribution in [-0.2, 0) is 4.79 Å². The summed E-state index contributed by atoms with van der Waals surface area (Å²) < 4.78 is 0. The summed E-state index contributed by atoms with van der Waals surface area (Å²) in [5, 5.41) is 0. The molecule has 0 saturated heterocycles. The van der Waals surface area contributed by atoms with E-state index >= 15 is 0 Å². The number of carbonyl (C=O) groups excluding carboxylic acids is 1. The van der Waals surface area contributed by atoms with Gasteiger partial charge >= 0.3 is 0 Å². The van der Waals surface area contributed by atoms with Crippen molar-refractivity contribution in [3.8, 4) is 0 Å². The van der Waals surface area contributed by atoms with Crippen LogP contribution < -0.4 is 0 Å². The molecule has 0 spiro atoms. The lowest BCUT2D eigenvalue weighted by Gasteiger charge is -1.89. The van der Waals surface area contributed by atoms with Crippen molar-refractivity contribution in [3.05, 3.63) is 24.3 Å². The highest BCUT2D eigenvalue weighted by atomic mass is 32.2. The molecule has 0 aromatic rings. The predicted octanol–water partition coefficient (Wildman–Crippen LogP) is 2.69. The van der Waals surface area contributed by atoms with Crippen molar-refractivity contribution in [2.45, 2.75) is 13.8 Å². The number of aldehydes is 1. The Morgan fingerprint density at radius 1 is 1.25 bits per heavy atom. The van der Waals surface area contributed by atoms with Crippen LogP contribution in [0.15, 0.2) is 24.3 Å². The molecular weight excluding hydrogens is 168 g/mol. The second kappa shape index (κ2) is 8.60. The molecule has 0 aromatic carbocycles. The van der Waals surface area contributed by atoms with Crippen LogP contribution >= 0.6 is 11.8 Å². The normalized spacial score (nSPS) is 11.9. The molecule has 2 heteroatoms. The summed E-state index contributed by atoms with van der Waals surface area (Å²) in [6, 6.07) is 0. The van der Waals surface area contributed by atoms with Crippen LogP contribution in [0.4, 0.5) is 0 Å². The molecule has 0 amide bonds. The highest BCUT2D eigenvalue weighted by Gasteiger charge is 1.81. The van der Waals surface area contributed by atoms with Crippen molar-refractivity contribution >= 4 is 18.0 Å². The van der Waals surface area contributed by atoms with Crippen LogP contribution in [0.5, 0.6) is 0 Å². The summed E-state index contributed by atoms with van der Waals surface area (Å²) in [6.45, 7) is 4.29. The molecule has 0 unspecified atom stereocenters. The number of rotatable bonds is 6. The molecule has 0 aliphatic rings. The first kappa shape index (κ1) is 11.5. The maximum Gasteiger partial charge on any atom is 0.129 e. The zero-order chi connectivity index (χ0) is 9.23. The van der Waals surface area contributed by atoms with Gasteiger partial charge in [-0.25, -0.2) is 0 Å². The van der Waals surface area contributed by atoms with Crippen LogP contribution in [0.2, 0.25) is 0 Å². The van der Waals surface area contributed by atoms with Gasteiger partial charge in [0.05, 0.1) is 0 Å². The number of carbonyl (C=O) groups is 1. The van der Waals surface area contributed by atoms with Gasteiger partial charge in [-0.1, -0.05) is 38.2 Å². The lowest BCUT2D eigenvalue weighted by molar-refractivity contribution is -0.105. The van der Waals surface area contributed by atoms with Crippen molar-refractivity contribution in [2.75, 3.05) is 11.5 Å². The maximum absolute atomic E-state index is 9.92. The van der Waals surface area contributed by atoms with E-state index in [9.17, 15) is 4.79 Å². The van der Waals surface area contributed by atoms with Gasteiger partial charge in [-0.3, -0.25) is 0 Å². The topological polar surface area (TPSA) is 17.1 Å². The van der Waals surface area contributed by atoms with Crippen LogP contribution in [0, 0.1) is 5.92 Å². The molecule has 0 aromatic heterocycles. The second-order valence-electron chi connectivity index (χ2n) is 2.76. The molecule has 12 heavy (non-hydrogen) atoms. The van der Waals surface area contributed by atoms with Crippen molar-refractivity contribution < 1.29 is 4.79 Å². The third-order valence-corrected chi connectivity index (χ3v) is 1.94. The fourth-order valence-electron chi connectivity index (χ4n) is 0.605. The number of allylic oxidation sites excluding steroid dienone is 3. The van der Waals surface area contributed by atoms with Gasteiger partial charge in [-0.15, -0.1) is 0 Å². The van der Waals surface area contributed by atoms with Crippen molar-refractivity contribution in [3.63, 3.8) is 0 Å². The van der Waals surface area contributed by atoms with E-state index in [0.717, 1.165) is 12.0 Å². The molecule has 1 nitrogen and oxygen atoms in total. The van der Waals surface area contributed by atoms with Gasteiger partial charge in [-0.05, 0) is 5.92 Å². The molecule has 0 fully saturated rings. The largest absolute Gasteiger partial charge is 0.302 e. The zero-order valence-corrected chi connectivity index (χ0v) is 8.51. The molecular formula is C10H16OS. The minimum absolute atomic E-state index is 0.595. The molecule has 68 valence electrons. The Morgan fingerprint density at radius 3 is 2.58 bits per heavy atom. The molecule has 0 bridgehead atoms. The Morgan fingerprint density at radius 2 is 2.00 bits per heavy atom. The molecule has 0 N–H and O–H groups in total. The van der Waals surface area contributed by atoms with Crippen LogP contribution in [0.25, 0.3) is 0 Å². The molecule has 0 radical (unpaired) electrons. The van der Waals surface area contributed by atoms with Crippen molar-refractivity contribution in [1.82, 2.24) is 0 Å². The van der Waals surface area contributed by atoms with E-state index in [2.05, 4.69) is 26.0 Å². The Kier molecular flexibility index (Phi) is 8.24. The highest BCUT2D eigenvalue weighted by molar-refractivity contribution is 7.99. The summed E-state index contributed by atoms with van der Waals surface area (Å²) in [5.74, 6) is 2.12. The highest BCUT2D eigenvalue weighted by Crippen LogP contribution is 1.98. The van der Waals surface area contributed by atoms with Gasteiger partial charge in [0.25, 0.3) is 0 Å². The lowest BCUT2D eigenvalue weighted by Crippen LogP contribution is -1.79. The van der Waals surface area contributed by atoms with Crippen molar-refractivity contribution in [2.24, 2.45) is 5.92 Å². The molecule has 0 rings (SSSR count). The van der Waals surface area contributed by atoms with E-state index in [-0.39, 0.29) is 0 Å². The average Bonchev–Trinajstić information content (AvgIpc) is 2.02. The zero-order valence-electron chi connectivity index (χ0n) is 7.69. The maximum atomic E-state index is 9.92. The van der Waals surface area contributed by atoms with Gasteiger partial charge in [0.15, 0.2) is 0 Å². The number of hydrogen-bond donors (Lipinski definition) is 0. The smallest absolute Gasteiger partial charge is 0.129 e. The van der Waals surface area contributed by atoms with Gasteiger partial charge < -0.3 is 4.79 Å². The van der Waals surface area contributed by atoms with Gasteiger partial charge in [0.1, 0.15) is 6.29 Å². The Balaban J connectivity index is 3.30. The Bertz CT molecular complexity index is 159. The van der Waals surface area contributed by atoms with Gasteiger partial charge in [0.2, 0.25) is 0 Å². The standard InChI is InChI=1S/C10H16OS/c1-10(2)6-4-3-5-8-12-9-7-11/h3-7,10H,8-9H2,1-2H3/b5-3-,6-4+. The first-order valence-corrected chi connectivity index (χ1v) is 5.27. The summed E-state index contributed by atoms with van der Waals surface area (Å²) >= 11 is 1.62. The van der Waals surface area contributed by atoms with E-state index < -0.39 is 0 Å². The average molecular weight is 184 g/mol. The Labute approximate surface area is 78.9 Å². The fourth-order valence-corrected chi connectivity index (χ4v) is 1.08. The van der Waals surface area contributed by atoms with Crippen LogP contribution in [0.3, 0.4) is 0 Å². The third-order valence-electron chi connectivity index (χ3n) is 1.14. The van der Waals surface area contributed by atoms with E-state index in [4.69, 9.17) is 0 Å². The van der Waals surface area contributed by atoms with Crippen LogP contribution in [0.1, 0.15) is 13.8 Å². The van der Waals surface area contributed by atoms with E-state index in [0.29, 0.717) is 11.7 Å². The summed E-state index contributed by atoms with van der Waals surface area (Å²) in [4.78, 5) is 9.92. The first-order valence-electron chi connectivity index (χ1n) is 4.12. The molecule has 0 aliphatic heterocycles. The van der Waals surface area contributed by atoms with Crippen LogP contribution in [-0.4, -0.2) is 17.8 Å². The summed E-state index contributed by atoms with van der Waals surface area (Å²) in [5.41, 5.74) is 0. The molecule has 0 aliphatic carbocycles. The minimum atomic E-state index is 0.595. The van der Waals surface area contributed by atoms with Crippen molar-refractivity contribution in [1.29, 1.82) is 0 Å². The minimum Gasteiger partial charge on any atom is -0.302 e. The van der Waals surface area contributed by atoms with E-state index in [1.54, 1.807) is 11.8 Å². The number of thioether (sulfide) groups is 1. The summed E-state index contributed by atoms with van der Waals surface area (Å²) in [7, 11) is 0. The predicted molar refractivity (Wildman–Crippen MR) is 56.5 cm³/mol. The summed E-state index contributed by atoms with van der Waals surface area (Å²) in [6.07, 6.45) is 9.21. The van der Waals surface area contributed by atoms with Gasteiger partial charge in [-0.2, -0.15) is 11.8 Å². The third kappa shape index (κ3) is 9.50. The second-order valence-corrected chi connectivity index (χ2v) is 3.84. The Hall–Kier alpha value is -0.500.